The average Bonchev–Trinajstić information content (AvgIpc) is 2.33. The first-order valence-corrected chi connectivity index (χ1v) is 5.36. The minimum Gasteiger partial charge on any atom is -0.396 e. The van der Waals surface area contributed by atoms with Gasteiger partial charge in [-0.3, -0.25) is 0 Å². The Bertz CT molecular complexity index is 328. The minimum absolute atomic E-state index is 0.149. The van der Waals surface area contributed by atoms with Gasteiger partial charge in [0.2, 0.25) is 0 Å². The first kappa shape index (κ1) is 11.7. The average molecular weight is 203 g/mol. The standard InChI is InChI=1S/C13H17NO/c1-2-13(11-14,9-6-10-15)12-7-4-3-5-8-12/h3-5,7-8,15H,2,6,9-10H2,1H3. The van der Waals surface area contributed by atoms with Crippen LogP contribution in [0.5, 0.6) is 0 Å². The number of benzene rings is 1. The molecule has 0 saturated carbocycles. The highest BCUT2D eigenvalue weighted by Gasteiger charge is 2.29. The first-order chi connectivity index (χ1) is 7.29. The van der Waals surface area contributed by atoms with Crippen LogP contribution in [0, 0.1) is 11.3 Å². The Morgan fingerprint density at radius 2 is 2.00 bits per heavy atom. The van der Waals surface area contributed by atoms with E-state index in [9.17, 15) is 5.26 Å². The van der Waals surface area contributed by atoms with Crippen LogP contribution in [0.1, 0.15) is 31.7 Å². The summed E-state index contributed by atoms with van der Waals surface area (Å²) in [6.07, 6.45) is 2.18. The third-order valence-electron chi connectivity index (χ3n) is 2.91. The Labute approximate surface area is 91.2 Å². The van der Waals surface area contributed by atoms with Crippen molar-refractivity contribution >= 4 is 0 Å². The van der Waals surface area contributed by atoms with E-state index in [4.69, 9.17) is 5.11 Å². The van der Waals surface area contributed by atoms with Crippen LogP contribution in [0.3, 0.4) is 0 Å². The van der Waals surface area contributed by atoms with Crippen molar-refractivity contribution in [3.8, 4) is 6.07 Å². The highest BCUT2D eigenvalue weighted by Crippen LogP contribution is 2.31. The second kappa shape index (κ2) is 5.53. The normalized spacial score (nSPS) is 14.2. The van der Waals surface area contributed by atoms with Crippen molar-refractivity contribution in [2.75, 3.05) is 6.61 Å². The van der Waals surface area contributed by atoms with Gasteiger partial charge >= 0.3 is 0 Å². The van der Waals surface area contributed by atoms with Crippen LogP contribution in [-0.2, 0) is 5.41 Å². The van der Waals surface area contributed by atoms with Crippen LogP contribution in [-0.4, -0.2) is 11.7 Å². The number of aliphatic hydroxyl groups excluding tert-OH is 1. The van der Waals surface area contributed by atoms with E-state index >= 15 is 0 Å². The molecular weight excluding hydrogens is 186 g/mol. The number of aliphatic hydroxyl groups is 1. The van der Waals surface area contributed by atoms with Gasteiger partial charge in [-0.25, -0.2) is 0 Å². The van der Waals surface area contributed by atoms with E-state index in [2.05, 4.69) is 6.07 Å². The predicted molar refractivity (Wildman–Crippen MR) is 60.3 cm³/mol. The summed E-state index contributed by atoms with van der Waals surface area (Å²) in [7, 11) is 0. The first-order valence-electron chi connectivity index (χ1n) is 5.36. The number of nitrogens with zero attached hydrogens (tertiary/aromatic N) is 1. The van der Waals surface area contributed by atoms with Gasteiger partial charge in [-0.05, 0) is 24.8 Å². The van der Waals surface area contributed by atoms with Crippen LogP contribution in [0.15, 0.2) is 30.3 Å². The van der Waals surface area contributed by atoms with E-state index in [0.717, 1.165) is 18.4 Å². The van der Waals surface area contributed by atoms with Crippen LogP contribution in [0.4, 0.5) is 0 Å². The zero-order chi connectivity index (χ0) is 11.1. The lowest BCUT2D eigenvalue weighted by atomic mass is 9.76. The molecule has 0 aliphatic heterocycles. The molecule has 0 saturated heterocycles. The summed E-state index contributed by atoms with van der Waals surface area (Å²) in [5, 5.41) is 18.2. The number of rotatable bonds is 5. The fraction of sp³-hybridized carbons (Fsp3) is 0.462. The van der Waals surface area contributed by atoms with Crippen molar-refractivity contribution < 1.29 is 5.11 Å². The van der Waals surface area contributed by atoms with Crippen LogP contribution < -0.4 is 0 Å². The van der Waals surface area contributed by atoms with E-state index < -0.39 is 5.41 Å². The minimum atomic E-state index is -0.427. The highest BCUT2D eigenvalue weighted by atomic mass is 16.2. The van der Waals surface area contributed by atoms with Gasteiger partial charge in [0.1, 0.15) is 0 Å². The molecule has 1 unspecified atom stereocenters. The van der Waals surface area contributed by atoms with Crippen molar-refractivity contribution in [1.29, 1.82) is 5.26 Å². The quantitative estimate of drug-likeness (QED) is 0.799. The van der Waals surface area contributed by atoms with E-state index in [-0.39, 0.29) is 6.61 Å². The molecule has 1 N–H and O–H groups in total. The lowest BCUT2D eigenvalue weighted by molar-refractivity contribution is 0.270. The van der Waals surface area contributed by atoms with Crippen LogP contribution in [0.25, 0.3) is 0 Å². The predicted octanol–water partition coefficient (Wildman–Crippen LogP) is 2.63. The van der Waals surface area contributed by atoms with Gasteiger partial charge in [-0.2, -0.15) is 5.26 Å². The number of hydrogen-bond acceptors (Lipinski definition) is 2. The largest absolute Gasteiger partial charge is 0.396 e. The van der Waals surface area contributed by atoms with Gasteiger partial charge in [0, 0.05) is 6.61 Å². The Morgan fingerprint density at radius 3 is 2.47 bits per heavy atom. The number of hydrogen-bond donors (Lipinski definition) is 1. The monoisotopic (exact) mass is 203 g/mol. The van der Waals surface area contributed by atoms with Crippen molar-refractivity contribution in [3.63, 3.8) is 0 Å². The lowest BCUT2D eigenvalue weighted by Gasteiger charge is -2.25. The summed E-state index contributed by atoms with van der Waals surface area (Å²) >= 11 is 0. The molecule has 2 heteroatoms. The SMILES string of the molecule is CCC(C#N)(CCCO)c1ccccc1. The highest BCUT2D eigenvalue weighted by molar-refractivity contribution is 5.31. The smallest absolute Gasteiger partial charge is 0.0820 e. The molecule has 1 aromatic carbocycles. The summed E-state index contributed by atoms with van der Waals surface area (Å²) < 4.78 is 0. The van der Waals surface area contributed by atoms with E-state index in [1.165, 1.54) is 0 Å². The Hall–Kier alpha value is -1.33. The van der Waals surface area contributed by atoms with E-state index in [1.54, 1.807) is 0 Å². The summed E-state index contributed by atoms with van der Waals surface area (Å²) in [5.41, 5.74) is 0.632. The molecule has 80 valence electrons. The maximum absolute atomic E-state index is 9.32. The van der Waals surface area contributed by atoms with Gasteiger partial charge < -0.3 is 5.11 Å². The molecular formula is C13H17NO. The second-order valence-corrected chi connectivity index (χ2v) is 3.74. The van der Waals surface area contributed by atoms with E-state index in [1.807, 2.05) is 37.3 Å². The van der Waals surface area contributed by atoms with E-state index in [0.29, 0.717) is 6.42 Å². The third kappa shape index (κ3) is 2.57. The van der Waals surface area contributed by atoms with Gasteiger partial charge in [-0.1, -0.05) is 37.3 Å². The fourth-order valence-electron chi connectivity index (χ4n) is 1.86. The van der Waals surface area contributed by atoms with Gasteiger partial charge in [0.15, 0.2) is 0 Å². The maximum atomic E-state index is 9.32. The Kier molecular flexibility index (Phi) is 4.33. The zero-order valence-electron chi connectivity index (χ0n) is 9.11. The van der Waals surface area contributed by atoms with Crippen molar-refractivity contribution in [3.05, 3.63) is 35.9 Å². The Balaban J connectivity index is 2.96. The van der Waals surface area contributed by atoms with Gasteiger partial charge in [0.05, 0.1) is 11.5 Å². The molecule has 15 heavy (non-hydrogen) atoms. The van der Waals surface area contributed by atoms with Gasteiger partial charge in [-0.15, -0.1) is 0 Å². The van der Waals surface area contributed by atoms with Crippen LogP contribution >= 0.6 is 0 Å². The summed E-state index contributed by atoms with van der Waals surface area (Å²) in [6.45, 7) is 2.17. The molecule has 1 rings (SSSR count). The van der Waals surface area contributed by atoms with Crippen molar-refractivity contribution in [2.24, 2.45) is 0 Å². The molecule has 0 amide bonds. The molecule has 0 heterocycles. The topological polar surface area (TPSA) is 44.0 Å². The molecule has 0 spiro atoms. The van der Waals surface area contributed by atoms with Crippen molar-refractivity contribution in [1.82, 2.24) is 0 Å². The van der Waals surface area contributed by atoms with Crippen LogP contribution in [0.2, 0.25) is 0 Å². The second-order valence-electron chi connectivity index (χ2n) is 3.74. The molecule has 0 aliphatic carbocycles. The molecule has 0 aromatic heterocycles. The molecule has 0 radical (unpaired) electrons. The lowest BCUT2D eigenvalue weighted by Crippen LogP contribution is -2.23. The molecule has 1 atom stereocenters. The van der Waals surface area contributed by atoms with Crippen molar-refractivity contribution in [2.45, 2.75) is 31.6 Å². The fourth-order valence-corrected chi connectivity index (χ4v) is 1.86. The Morgan fingerprint density at radius 1 is 1.33 bits per heavy atom. The van der Waals surface area contributed by atoms with Gasteiger partial charge in [0.25, 0.3) is 0 Å². The third-order valence-corrected chi connectivity index (χ3v) is 2.91. The molecule has 1 aromatic rings. The summed E-state index contributed by atoms with van der Waals surface area (Å²) in [5.74, 6) is 0. The maximum Gasteiger partial charge on any atom is 0.0820 e. The summed E-state index contributed by atoms with van der Waals surface area (Å²) in [6, 6.07) is 12.2. The molecule has 0 bridgehead atoms. The summed E-state index contributed by atoms with van der Waals surface area (Å²) in [4.78, 5) is 0. The molecule has 0 aliphatic rings. The molecule has 0 fully saturated rings. The molecule has 2 nitrogen and oxygen atoms in total. The zero-order valence-corrected chi connectivity index (χ0v) is 9.11. The number of nitriles is 1.